The maximum atomic E-state index is 10.5. The highest BCUT2D eigenvalue weighted by atomic mass is 16.7. The predicted octanol–water partition coefficient (Wildman–Crippen LogP) is 1.33. The number of rotatable bonds is 8. The molecule has 0 saturated carbocycles. The third-order valence-electron chi connectivity index (χ3n) is 4.97. The van der Waals surface area contributed by atoms with E-state index in [1.165, 1.54) is 0 Å². The van der Waals surface area contributed by atoms with Crippen molar-refractivity contribution in [1.29, 1.82) is 0 Å². The molecule has 0 radical (unpaired) electrons. The number of ether oxygens (including phenoxy) is 3. The smallest absolute Gasteiger partial charge is 0.239 e. The first-order valence-corrected chi connectivity index (χ1v) is 10.1. The van der Waals surface area contributed by atoms with Crippen molar-refractivity contribution >= 4 is 0 Å². The number of nitrogens with zero attached hydrogens (tertiary/aromatic N) is 2. The Labute approximate surface area is 200 Å². The predicted molar refractivity (Wildman–Crippen MR) is 117 cm³/mol. The number of aliphatic hydroxyl groups excluding tert-OH is 4. The van der Waals surface area contributed by atoms with Gasteiger partial charge in [0, 0.05) is 36.1 Å². The summed E-state index contributed by atoms with van der Waals surface area (Å²) in [5.74, 6) is -0.0559. The molecule has 1 aromatic heterocycles. The molecule has 1 aliphatic rings. The van der Waals surface area contributed by atoms with Crippen LogP contribution < -0.4 is 9.47 Å². The summed E-state index contributed by atoms with van der Waals surface area (Å²) < 4.78 is 88.8. The van der Waals surface area contributed by atoms with Crippen molar-refractivity contribution in [3.8, 4) is 11.6 Å². The van der Waals surface area contributed by atoms with E-state index in [-0.39, 0.29) is 18.1 Å². The van der Waals surface area contributed by atoms with E-state index in [0.29, 0.717) is 16.0 Å². The van der Waals surface area contributed by atoms with Gasteiger partial charge in [0.05, 0.1) is 12.7 Å². The molecule has 0 amide bonds. The van der Waals surface area contributed by atoms with Gasteiger partial charge < -0.3 is 34.6 Å². The first-order valence-electron chi connectivity index (χ1n) is 14.6. The van der Waals surface area contributed by atoms with Crippen LogP contribution in [0.25, 0.3) is 0 Å². The summed E-state index contributed by atoms with van der Waals surface area (Å²) in [7, 11) is 0. The normalized spacial score (nSPS) is 31.4. The summed E-state index contributed by atoms with van der Waals surface area (Å²) in [4.78, 5) is 0. The quantitative estimate of drug-likeness (QED) is 0.466. The topological polar surface area (TPSA) is 126 Å². The first kappa shape index (κ1) is 14.9. The van der Waals surface area contributed by atoms with Crippen LogP contribution in [0.4, 0.5) is 0 Å². The molecule has 1 aromatic carbocycles. The minimum absolute atomic E-state index is 0.114. The van der Waals surface area contributed by atoms with Crippen molar-refractivity contribution in [2.45, 2.75) is 83.7 Å². The molecule has 32 heavy (non-hydrogen) atoms. The maximum absolute atomic E-state index is 10.5. The monoisotopic (exact) mass is 459 g/mol. The fraction of sp³-hybridized carbons (Fsp3) is 0.609. The Hall–Kier alpha value is -2.17. The Morgan fingerprint density at radius 3 is 2.44 bits per heavy atom. The molecule has 1 fully saturated rings. The van der Waals surface area contributed by atoms with Gasteiger partial charge >= 0.3 is 0 Å². The van der Waals surface area contributed by atoms with Crippen LogP contribution in [0.2, 0.25) is 0 Å². The van der Waals surface area contributed by atoms with Crippen molar-refractivity contribution < 1.29 is 47.0 Å². The fourth-order valence-electron chi connectivity index (χ4n) is 3.33. The summed E-state index contributed by atoms with van der Waals surface area (Å²) in [5, 5.41) is 44.3. The van der Waals surface area contributed by atoms with Crippen LogP contribution in [0.1, 0.15) is 62.8 Å². The van der Waals surface area contributed by atoms with Gasteiger partial charge in [-0.25, -0.2) is 0 Å². The molecule has 1 aliphatic heterocycles. The second-order valence-electron chi connectivity index (χ2n) is 7.78. The Morgan fingerprint density at radius 1 is 1.12 bits per heavy atom. The van der Waals surface area contributed by atoms with E-state index in [4.69, 9.17) is 26.5 Å². The van der Waals surface area contributed by atoms with Crippen LogP contribution >= 0.6 is 0 Å². The molecule has 0 bridgehead atoms. The molecule has 178 valence electrons. The van der Waals surface area contributed by atoms with Gasteiger partial charge in [-0.05, 0) is 52.1 Å². The van der Waals surface area contributed by atoms with E-state index in [9.17, 15) is 20.4 Å². The van der Waals surface area contributed by atoms with Crippen LogP contribution in [0.15, 0.2) is 24.3 Å². The third kappa shape index (κ3) is 5.24. The average Bonchev–Trinajstić information content (AvgIpc) is 3.15. The molecule has 4 N–H and O–H groups in total. The molecule has 0 spiro atoms. The number of aromatic nitrogens is 2. The summed E-state index contributed by atoms with van der Waals surface area (Å²) in [6.07, 6.45) is -9.00. The van der Waals surface area contributed by atoms with Crippen LogP contribution in [0.5, 0.6) is 11.6 Å². The zero-order chi connectivity index (χ0) is 31.1. The van der Waals surface area contributed by atoms with Crippen molar-refractivity contribution in [2.24, 2.45) is 0 Å². The largest absolute Gasteiger partial charge is 0.491 e. The van der Waals surface area contributed by atoms with Crippen LogP contribution in [0, 0.1) is 6.85 Å². The lowest BCUT2D eigenvalue weighted by atomic mass is 9.99. The number of aliphatic hydroxyl groups is 4. The van der Waals surface area contributed by atoms with Gasteiger partial charge in [-0.1, -0.05) is 12.1 Å². The minimum atomic E-state index is -3.23. The molecule has 2 heterocycles. The van der Waals surface area contributed by atoms with Gasteiger partial charge in [-0.2, -0.15) is 0 Å². The molecule has 5 atom stereocenters. The summed E-state index contributed by atoms with van der Waals surface area (Å²) in [6, 6.07) is 4.08. The molecule has 0 unspecified atom stereocenters. The SMILES string of the molecule is [2H]C([2H])([2H])c1c(Cc2ccc(OC(C)C)cc2)c(O[C@@H]2O[C@H](CO)[C@@H](O)[C@H](O)[C@H]2O)nn1C(C([2H])([2H])[2H])C([2H])([2H])[2H]. The molecule has 9 heteroatoms. The highest BCUT2D eigenvalue weighted by molar-refractivity contribution is 5.38. The average molecular weight is 460 g/mol. The summed E-state index contributed by atoms with van der Waals surface area (Å²) >= 11 is 0. The zero-order valence-corrected chi connectivity index (χ0v) is 17.7. The molecule has 1 saturated heterocycles. The zero-order valence-electron chi connectivity index (χ0n) is 26.7. The highest BCUT2D eigenvalue weighted by Gasteiger charge is 2.45. The van der Waals surface area contributed by atoms with E-state index < -0.39 is 75.5 Å². The Bertz CT molecular complexity index is 1150. The highest BCUT2D eigenvalue weighted by Crippen LogP contribution is 2.31. The van der Waals surface area contributed by atoms with Crippen LogP contribution in [-0.4, -0.2) is 73.6 Å². The Kier molecular flexibility index (Phi) is 4.73. The fourth-order valence-corrected chi connectivity index (χ4v) is 3.33. The Morgan fingerprint density at radius 2 is 1.84 bits per heavy atom. The number of benzene rings is 1. The van der Waals surface area contributed by atoms with Gasteiger partial charge in [0.1, 0.15) is 30.2 Å². The van der Waals surface area contributed by atoms with E-state index in [2.05, 4.69) is 5.10 Å². The van der Waals surface area contributed by atoms with E-state index >= 15 is 0 Å². The summed E-state index contributed by atoms with van der Waals surface area (Å²) in [6.45, 7) is -6.67. The van der Waals surface area contributed by atoms with Crippen molar-refractivity contribution in [2.75, 3.05) is 6.61 Å². The molecule has 0 aliphatic carbocycles. The van der Waals surface area contributed by atoms with Crippen molar-refractivity contribution in [3.63, 3.8) is 0 Å². The van der Waals surface area contributed by atoms with E-state index in [0.717, 1.165) is 0 Å². The number of hydrogen-bond acceptors (Lipinski definition) is 8. The van der Waals surface area contributed by atoms with Gasteiger partial charge in [0.25, 0.3) is 0 Å². The van der Waals surface area contributed by atoms with Gasteiger partial charge in [0.2, 0.25) is 12.2 Å². The molecule has 9 nitrogen and oxygen atoms in total. The molecule has 3 rings (SSSR count). The van der Waals surface area contributed by atoms with E-state index in [1.54, 1.807) is 24.3 Å². The first-order chi connectivity index (χ1) is 18.8. The van der Waals surface area contributed by atoms with Crippen molar-refractivity contribution in [1.82, 2.24) is 9.78 Å². The lowest BCUT2D eigenvalue weighted by Crippen LogP contribution is -2.60. The molecular weight excluding hydrogens is 416 g/mol. The van der Waals surface area contributed by atoms with Gasteiger partial charge in [-0.3, -0.25) is 4.68 Å². The summed E-state index contributed by atoms with van der Waals surface area (Å²) in [5.41, 5.74) is -0.459. The standard InChI is InChI=1S/C23H34N2O7/c1-12(2)25-14(5)17(10-15-6-8-16(9-7-15)30-13(3)4)22(24-25)32-23-21(29)20(28)19(27)18(11-26)31-23/h6-9,12-13,18-21,23,26-29H,10-11H2,1-5H3/t18-,19-,20+,21-,23+/m1/s1/i1D3,2D3,5D3. The van der Waals surface area contributed by atoms with Crippen LogP contribution in [0.3, 0.4) is 0 Å². The molecular formula is C23H34N2O7. The van der Waals surface area contributed by atoms with Crippen molar-refractivity contribution in [3.05, 3.63) is 41.1 Å². The van der Waals surface area contributed by atoms with E-state index in [1.807, 2.05) is 13.8 Å². The second kappa shape index (κ2) is 10.2. The van der Waals surface area contributed by atoms with Gasteiger partial charge in [0.15, 0.2) is 0 Å². The van der Waals surface area contributed by atoms with Crippen LogP contribution in [-0.2, 0) is 11.2 Å². The number of hydrogen-bond donors (Lipinski definition) is 4. The Balaban J connectivity index is 2.20. The van der Waals surface area contributed by atoms with Gasteiger partial charge in [-0.15, -0.1) is 5.10 Å². The minimum Gasteiger partial charge on any atom is -0.491 e. The maximum Gasteiger partial charge on any atom is 0.239 e. The molecule has 2 aromatic rings. The third-order valence-corrected chi connectivity index (χ3v) is 4.97. The lowest BCUT2D eigenvalue weighted by molar-refractivity contribution is -0.278. The second-order valence-corrected chi connectivity index (χ2v) is 7.78. The lowest BCUT2D eigenvalue weighted by Gasteiger charge is -2.39.